The first-order chi connectivity index (χ1) is 16.5. The molecule has 0 unspecified atom stereocenters. The largest absolute Gasteiger partial charge is 0.507 e. The van der Waals surface area contributed by atoms with Gasteiger partial charge in [-0.05, 0) is 49.7 Å². The number of carboxylic acid groups (broad SMARTS) is 1. The van der Waals surface area contributed by atoms with Crippen LogP contribution in [0.3, 0.4) is 0 Å². The maximum atomic E-state index is 11.0. The molecule has 0 spiro atoms. The lowest BCUT2D eigenvalue weighted by Gasteiger charge is -2.40. The molecule has 2 aliphatic rings. The number of piperidine rings is 1. The Labute approximate surface area is 207 Å². The Morgan fingerprint density at radius 2 is 1.60 bits per heavy atom. The number of phenolic OH excluding ortho intramolecular Hbond substituents is 1. The molecular weight excluding hydrogens is 452 g/mol. The lowest BCUT2D eigenvalue weighted by atomic mass is 9.83. The van der Waals surface area contributed by atoms with Crippen molar-refractivity contribution in [2.75, 3.05) is 19.6 Å². The van der Waals surface area contributed by atoms with E-state index in [1.165, 1.54) is 4.90 Å². The van der Waals surface area contributed by atoms with Crippen LogP contribution in [0, 0.1) is 12.8 Å². The van der Waals surface area contributed by atoms with Crippen molar-refractivity contribution in [1.82, 2.24) is 4.90 Å². The fourth-order valence-electron chi connectivity index (χ4n) is 4.23. The van der Waals surface area contributed by atoms with Crippen LogP contribution in [0.1, 0.15) is 75.2 Å². The highest BCUT2D eigenvalue weighted by molar-refractivity contribution is 5.73. The zero-order chi connectivity index (χ0) is 26.5. The fraction of sp³-hybridized carbons (Fsp3) is 0.640. The van der Waals surface area contributed by atoms with Crippen molar-refractivity contribution in [2.45, 2.75) is 77.9 Å². The molecule has 1 aromatic carbocycles. The number of ether oxygens (including phenoxy) is 1. The van der Waals surface area contributed by atoms with Crippen LogP contribution in [0.2, 0.25) is 0 Å². The van der Waals surface area contributed by atoms with Crippen LogP contribution >= 0.6 is 0 Å². The molecular formula is C25H42N4O6. The Bertz CT molecular complexity index is 823. The topological polar surface area (TPSA) is 182 Å². The molecule has 2 atom stereocenters. The van der Waals surface area contributed by atoms with E-state index in [1.807, 2.05) is 32.9 Å². The number of nitrogens with zero attached hydrogens (tertiary/aromatic N) is 1. The Morgan fingerprint density at radius 1 is 1.06 bits per heavy atom. The molecule has 1 fully saturated rings. The first-order valence-corrected chi connectivity index (χ1v) is 12.3. The molecule has 0 aromatic heterocycles. The minimum Gasteiger partial charge on any atom is -0.507 e. The maximum absolute atomic E-state index is 11.0. The van der Waals surface area contributed by atoms with Crippen molar-refractivity contribution in [3.05, 3.63) is 28.8 Å². The van der Waals surface area contributed by atoms with Gasteiger partial charge >= 0.3 is 6.09 Å². The number of nitrogens with two attached hydrogens (primary N) is 3. The summed E-state index contributed by atoms with van der Waals surface area (Å²) in [6.45, 7) is 7.19. The van der Waals surface area contributed by atoms with Gasteiger partial charge in [0.2, 0.25) is 11.8 Å². The normalized spacial score (nSPS) is 19.4. The molecule has 0 saturated carbocycles. The molecule has 2 heterocycles. The number of aromatic hydroxyl groups is 1. The van der Waals surface area contributed by atoms with Gasteiger partial charge in [0.1, 0.15) is 5.75 Å². The van der Waals surface area contributed by atoms with Gasteiger partial charge in [0.25, 0.3) is 0 Å². The summed E-state index contributed by atoms with van der Waals surface area (Å²) in [4.78, 5) is 32.1. The van der Waals surface area contributed by atoms with Gasteiger partial charge in [0, 0.05) is 44.5 Å². The van der Waals surface area contributed by atoms with E-state index in [1.54, 1.807) is 0 Å². The Balaban J connectivity index is 0.000000425. The van der Waals surface area contributed by atoms with Gasteiger partial charge in [0.15, 0.2) is 0 Å². The number of fused-ring (bicyclic) bond motifs is 1. The summed E-state index contributed by atoms with van der Waals surface area (Å²) in [7, 11) is 0. The van der Waals surface area contributed by atoms with Crippen LogP contribution in [0.5, 0.6) is 5.75 Å². The Hall–Kier alpha value is -2.85. The third kappa shape index (κ3) is 9.73. The average Bonchev–Trinajstić information content (AvgIpc) is 2.81. The number of amides is 3. The first kappa shape index (κ1) is 30.2. The number of hydrogen-bond acceptors (Lipinski definition) is 6. The van der Waals surface area contributed by atoms with Crippen LogP contribution in [0.4, 0.5) is 4.79 Å². The average molecular weight is 495 g/mol. The third-order valence-electron chi connectivity index (χ3n) is 6.15. The lowest BCUT2D eigenvalue weighted by Crippen LogP contribution is -2.43. The number of hydrogen-bond donors (Lipinski definition) is 5. The number of primary amides is 2. The number of benzene rings is 1. The molecule has 10 nitrogen and oxygen atoms in total. The summed E-state index contributed by atoms with van der Waals surface area (Å²) in [5, 5.41) is 19.5. The molecule has 1 aromatic rings. The number of rotatable bonds is 6. The maximum Gasteiger partial charge on any atom is 0.407 e. The van der Waals surface area contributed by atoms with E-state index >= 15 is 0 Å². The smallest absolute Gasteiger partial charge is 0.407 e. The van der Waals surface area contributed by atoms with Crippen LogP contribution in [0.25, 0.3) is 0 Å². The molecule has 0 bridgehead atoms. The van der Waals surface area contributed by atoms with Gasteiger partial charge in [-0.15, -0.1) is 0 Å². The van der Waals surface area contributed by atoms with Gasteiger partial charge in [-0.1, -0.05) is 26.0 Å². The number of carbonyl (C=O) groups is 3. The molecule has 10 heteroatoms. The number of likely N-dealkylation sites (tertiary alicyclic amines) is 1. The molecule has 0 aliphatic carbocycles. The van der Waals surface area contributed by atoms with E-state index in [9.17, 15) is 19.5 Å². The molecule has 1 saturated heterocycles. The summed E-state index contributed by atoms with van der Waals surface area (Å²) in [5.41, 5.74) is 18.2. The van der Waals surface area contributed by atoms with E-state index in [0.717, 1.165) is 42.4 Å². The molecule has 3 rings (SSSR count). The van der Waals surface area contributed by atoms with E-state index in [-0.39, 0.29) is 24.0 Å². The molecule has 2 aliphatic heterocycles. The molecule has 0 radical (unpaired) electrons. The van der Waals surface area contributed by atoms with Gasteiger partial charge in [0.05, 0.1) is 12.2 Å². The molecule has 35 heavy (non-hydrogen) atoms. The Kier molecular flexibility index (Phi) is 13.1. The first-order valence-electron chi connectivity index (χ1n) is 12.3. The van der Waals surface area contributed by atoms with Gasteiger partial charge < -0.3 is 37.1 Å². The second-order valence-corrected chi connectivity index (χ2v) is 8.94. The van der Waals surface area contributed by atoms with Crippen LogP contribution in [-0.2, 0) is 20.7 Å². The van der Waals surface area contributed by atoms with Crippen LogP contribution in [-0.4, -0.2) is 58.8 Å². The van der Waals surface area contributed by atoms with E-state index in [2.05, 4.69) is 0 Å². The summed E-state index contributed by atoms with van der Waals surface area (Å²) in [6, 6.07) is 3.89. The van der Waals surface area contributed by atoms with E-state index < -0.39 is 6.09 Å². The highest BCUT2D eigenvalue weighted by Gasteiger charge is 2.36. The standard InChI is InChI=1S/C17H24N2O4.2C4H9NO/c1-10-2-3-12-13(16(10)20)8-14(23-15(12)9-18)11-4-6-19(7-5-11)17(21)22;2*1-2-3-4(5)6/h2-3,11,14-15,20H,4-9,18H2,1H3,(H,21,22);2*2-3H2,1H3,(H2,5,6)/t14-,15-;;/m0../s1. The second kappa shape index (κ2) is 15.2. The minimum absolute atomic E-state index is 0.0142. The van der Waals surface area contributed by atoms with Crippen molar-refractivity contribution >= 4 is 17.9 Å². The van der Waals surface area contributed by atoms with Gasteiger partial charge in [-0.2, -0.15) is 0 Å². The molecule has 8 N–H and O–H groups in total. The summed E-state index contributed by atoms with van der Waals surface area (Å²) >= 11 is 0. The van der Waals surface area contributed by atoms with Crippen LogP contribution < -0.4 is 17.2 Å². The van der Waals surface area contributed by atoms with Crippen LogP contribution in [0.15, 0.2) is 12.1 Å². The highest BCUT2D eigenvalue weighted by atomic mass is 16.5. The summed E-state index contributed by atoms with van der Waals surface area (Å²) in [5.74, 6) is 0.222. The van der Waals surface area contributed by atoms with E-state index in [4.69, 9.17) is 27.0 Å². The molecule has 3 amide bonds. The monoisotopic (exact) mass is 494 g/mol. The van der Waals surface area contributed by atoms with Crippen molar-refractivity contribution in [3.63, 3.8) is 0 Å². The number of phenols is 1. The third-order valence-corrected chi connectivity index (χ3v) is 6.15. The number of aryl methyl sites for hydroxylation is 1. The zero-order valence-electron chi connectivity index (χ0n) is 21.2. The van der Waals surface area contributed by atoms with Crippen molar-refractivity contribution < 1.29 is 29.3 Å². The van der Waals surface area contributed by atoms with Crippen molar-refractivity contribution in [3.8, 4) is 5.75 Å². The SMILES string of the molecule is CCCC(N)=O.CCCC(N)=O.Cc1ccc2c(c1O)C[C@@H](C1CCN(C(=O)O)CC1)O[C@H]2CN. The number of carbonyl (C=O) groups excluding carboxylic acids is 2. The minimum atomic E-state index is -0.855. The fourth-order valence-corrected chi connectivity index (χ4v) is 4.23. The zero-order valence-corrected chi connectivity index (χ0v) is 21.2. The van der Waals surface area contributed by atoms with Crippen molar-refractivity contribution in [2.24, 2.45) is 23.1 Å². The Morgan fingerprint density at radius 3 is 2.00 bits per heavy atom. The summed E-state index contributed by atoms with van der Waals surface area (Å²) < 4.78 is 6.19. The highest BCUT2D eigenvalue weighted by Crippen LogP contribution is 2.40. The molecule has 198 valence electrons. The lowest BCUT2D eigenvalue weighted by molar-refractivity contribution is -0.118. The predicted molar refractivity (Wildman–Crippen MR) is 134 cm³/mol. The van der Waals surface area contributed by atoms with Crippen molar-refractivity contribution in [1.29, 1.82) is 0 Å². The quantitative estimate of drug-likeness (QED) is 0.402. The predicted octanol–water partition coefficient (Wildman–Crippen LogP) is 2.58. The van der Waals surface area contributed by atoms with Gasteiger partial charge in [-0.3, -0.25) is 9.59 Å². The van der Waals surface area contributed by atoms with Gasteiger partial charge in [-0.25, -0.2) is 4.79 Å². The second-order valence-electron chi connectivity index (χ2n) is 8.94. The summed E-state index contributed by atoms with van der Waals surface area (Å²) in [6.07, 6.45) is 3.91. The van der Waals surface area contributed by atoms with E-state index in [0.29, 0.717) is 50.6 Å².